The van der Waals surface area contributed by atoms with Crippen molar-refractivity contribution in [2.45, 2.75) is 38.5 Å². The zero-order valence-corrected chi connectivity index (χ0v) is 19.4. The average molecular weight is 484 g/mol. The van der Waals surface area contributed by atoms with Crippen LogP contribution in [0.3, 0.4) is 0 Å². The smallest absolute Gasteiger partial charge is 0.268 e. The molecule has 1 aromatic carbocycles. The lowest BCUT2D eigenvalue weighted by Crippen LogP contribution is -2.54. The van der Waals surface area contributed by atoms with Crippen molar-refractivity contribution in [3.8, 4) is 11.5 Å². The SMILES string of the molecule is CNC(=O)c1c(O)c2ncc(Cc3ccc(F)cc3)c3c2n(c1=O)C[C@@H](C(=O)NC(C)(C)CO)O3. The monoisotopic (exact) mass is 484 g/mol. The first-order chi connectivity index (χ1) is 16.6. The lowest BCUT2D eigenvalue weighted by molar-refractivity contribution is -0.131. The first kappa shape index (κ1) is 24.1. The fraction of sp³-hybridized carbons (Fsp3) is 0.333. The average Bonchev–Trinajstić information content (AvgIpc) is 2.83. The number of rotatable bonds is 6. The molecule has 1 aliphatic rings. The molecule has 0 unspecified atom stereocenters. The third kappa shape index (κ3) is 4.42. The molecular formula is C24H25FN4O6. The highest BCUT2D eigenvalue weighted by Crippen LogP contribution is 2.37. The van der Waals surface area contributed by atoms with Crippen LogP contribution in [0.2, 0.25) is 0 Å². The Labute approximate surface area is 199 Å². The maximum atomic E-state index is 13.4. The van der Waals surface area contributed by atoms with Crippen molar-refractivity contribution in [3.05, 3.63) is 63.3 Å². The Morgan fingerprint density at radius 3 is 2.60 bits per heavy atom. The number of hydrogen-bond acceptors (Lipinski definition) is 7. The van der Waals surface area contributed by atoms with Crippen molar-refractivity contribution >= 4 is 22.8 Å². The normalized spacial score (nSPS) is 14.9. The van der Waals surface area contributed by atoms with Crippen molar-refractivity contribution in [1.29, 1.82) is 0 Å². The van der Waals surface area contributed by atoms with E-state index >= 15 is 0 Å². The minimum Gasteiger partial charge on any atom is -0.505 e. The summed E-state index contributed by atoms with van der Waals surface area (Å²) in [5, 5.41) is 25.3. The van der Waals surface area contributed by atoms with Crippen LogP contribution < -0.4 is 20.9 Å². The van der Waals surface area contributed by atoms with Crippen LogP contribution in [-0.2, 0) is 17.8 Å². The summed E-state index contributed by atoms with van der Waals surface area (Å²) in [5.74, 6) is -2.22. The van der Waals surface area contributed by atoms with Gasteiger partial charge in [-0.2, -0.15) is 0 Å². The van der Waals surface area contributed by atoms with Gasteiger partial charge < -0.3 is 25.6 Å². The Morgan fingerprint density at radius 2 is 1.97 bits per heavy atom. The van der Waals surface area contributed by atoms with Gasteiger partial charge in [-0.05, 0) is 31.5 Å². The maximum absolute atomic E-state index is 13.4. The highest BCUT2D eigenvalue weighted by Gasteiger charge is 2.35. The van der Waals surface area contributed by atoms with Crippen LogP contribution in [0.1, 0.15) is 35.3 Å². The molecule has 0 bridgehead atoms. The second kappa shape index (κ2) is 8.99. The van der Waals surface area contributed by atoms with E-state index in [-0.39, 0.29) is 36.4 Å². The van der Waals surface area contributed by atoms with Crippen molar-refractivity contribution in [2.75, 3.05) is 13.7 Å². The Balaban J connectivity index is 1.90. The Morgan fingerprint density at radius 1 is 1.29 bits per heavy atom. The lowest BCUT2D eigenvalue weighted by atomic mass is 10.0. The lowest BCUT2D eigenvalue weighted by Gasteiger charge is -2.31. The van der Waals surface area contributed by atoms with E-state index in [1.54, 1.807) is 26.0 Å². The van der Waals surface area contributed by atoms with E-state index in [0.29, 0.717) is 5.56 Å². The number of nitrogens with one attached hydrogen (secondary N) is 2. The Bertz CT molecular complexity index is 1380. The van der Waals surface area contributed by atoms with Crippen LogP contribution in [0.5, 0.6) is 11.5 Å². The third-order valence-electron chi connectivity index (χ3n) is 5.79. The summed E-state index contributed by atoms with van der Waals surface area (Å²) in [4.78, 5) is 42.9. The summed E-state index contributed by atoms with van der Waals surface area (Å²) < 4.78 is 20.6. The van der Waals surface area contributed by atoms with Crippen LogP contribution in [0, 0.1) is 5.82 Å². The predicted octanol–water partition coefficient (Wildman–Crippen LogP) is 0.840. The number of nitrogens with zero attached hydrogens (tertiary/aromatic N) is 2. The topological polar surface area (TPSA) is 143 Å². The number of carbonyl (C=O) groups is 2. The predicted molar refractivity (Wildman–Crippen MR) is 124 cm³/mol. The molecule has 0 saturated carbocycles. The fourth-order valence-corrected chi connectivity index (χ4v) is 3.92. The molecule has 11 heteroatoms. The van der Waals surface area contributed by atoms with E-state index in [2.05, 4.69) is 15.6 Å². The maximum Gasteiger partial charge on any atom is 0.268 e. The number of carbonyl (C=O) groups excluding carboxylic acids is 2. The molecular weight excluding hydrogens is 459 g/mol. The van der Waals surface area contributed by atoms with Gasteiger partial charge >= 0.3 is 0 Å². The molecule has 1 aliphatic heterocycles. The highest BCUT2D eigenvalue weighted by molar-refractivity contribution is 6.02. The van der Waals surface area contributed by atoms with Gasteiger partial charge in [-0.1, -0.05) is 12.1 Å². The minimum atomic E-state index is -1.18. The summed E-state index contributed by atoms with van der Waals surface area (Å²) >= 11 is 0. The van der Waals surface area contributed by atoms with Crippen LogP contribution in [-0.4, -0.2) is 56.9 Å². The minimum absolute atomic E-state index is 0.0318. The molecule has 0 spiro atoms. The van der Waals surface area contributed by atoms with Crippen molar-refractivity contribution < 1.29 is 28.9 Å². The molecule has 4 rings (SSSR count). The van der Waals surface area contributed by atoms with Gasteiger partial charge in [-0.25, -0.2) is 4.39 Å². The van der Waals surface area contributed by atoms with Crippen molar-refractivity contribution in [2.24, 2.45) is 0 Å². The van der Waals surface area contributed by atoms with Crippen molar-refractivity contribution in [3.63, 3.8) is 0 Å². The van der Waals surface area contributed by atoms with Gasteiger partial charge in [0.15, 0.2) is 17.6 Å². The number of pyridine rings is 2. The molecule has 0 radical (unpaired) electrons. The molecule has 4 N–H and O–H groups in total. The summed E-state index contributed by atoms with van der Waals surface area (Å²) in [6.07, 6.45) is 0.480. The van der Waals surface area contributed by atoms with Crippen LogP contribution in [0.25, 0.3) is 11.0 Å². The second-order valence-corrected chi connectivity index (χ2v) is 8.97. The first-order valence-corrected chi connectivity index (χ1v) is 10.9. The highest BCUT2D eigenvalue weighted by atomic mass is 19.1. The number of aliphatic hydroxyl groups excluding tert-OH is 1. The quantitative estimate of drug-likeness (QED) is 0.406. The van der Waals surface area contributed by atoms with Crippen LogP contribution in [0.4, 0.5) is 4.39 Å². The van der Waals surface area contributed by atoms with E-state index in [9.17, 15) is 29.0 Å². The number of aromatic nitrogens is 2. The second-order valence-electron chi connectivity index (χ2n) is 8.97. The summed E-state index contributed by atoms with van der Waals surface area (Å²) in [7, 11) is 1.32. The molecule has 2 aromatic heterocycles. The summed E-state index contributed by atoms with van der Waals surface area (Å²) in [6, 6.07) is 5.78. The zero-order chi connectivity index (χ0) is 25.5. The van der Waals surface area contributed by atoms with E-state index < -0.39 is 46.1 Å². The molecule has 1 atom stereocenters. The van der Waals surface area contributed by atoms with Gasteiger partial charge in [-0.15, -0.1) is 0 Å². The molecule has 0 saturated heterocycles. The molecule has 184 valence electrons. The van der Waals surface area contributed by atoms with E-state index in [0.717, 1.165) is 5.56 Å². The molecule has 2 amide bonds. The van der Waals surface area contributed by atoms with E-state index in [1.807, 2.05) is 0 Å². The van der Waals surface area contributed by atoms with E-state index in [1.165, 1.54) is 29.9 Å². The van der Waals surface area contributed by atoms with Gasteiger partial charge in [0.25, 0.3) is 17.4 Å². The van der Waals surface area contributed by atoms with Gasteiger partial charge in [0.1, 0.15) is 22.4 Å². The standard InChI is InChI=1S/C24H25FN4O6/c1-24(2,11-30)28-21(32)15-10-29-18-17(19(31)16(23(29)34)22(33)26-3)27-9-13(20(18)35-15)8-12-4-6-14(25)7-5-12/h4-7,9,15,30-31H,8,10-11H2,1-3H3,(H,26,33)(H,28,32)/t15-/m0/s1. The first-order valence-electron chi connectivity index (χ1n) is 10.9. The van der Waals surface area contributed by atoms with Gasteiger partial charge in [-0.3, -0.25) is 23.9 Å². The zero-order valence-electron chi connectivity index (χ0n) is 19.4. The molecule has 0 aliphatic carbocycles. The molecule has 10 nitrogen and oxygen atoms in total. The van der Waals surface area contributed by atoms with Crippen LogP contribution in [0.15, 0.2) is 35.3 Å². The van der Waals surface area contributed by atoms with Gasteiger partial charge in [0.05, 0.1) is 18.7 Å². The molecule has 0 fully saturated rings. The van der Waals surface area contributed by atoms with E-state index in [4.69, 9.17) is 4.74 Å². The molecule has 3 aromatic rings. The number of ether oxygens (including phenoxy) is 1. The van der Waals surface area contributed by atoms with Crippen LogP contribution >= 0.6 is 0 Å². The fourth-order valence-electron chi connectivity index (χ4n) is 3.92. The van der Waals surface area contributed by atoms with Crippen molar-refractivity contribution in [1.82, 2.24) is 20.2 Å². The molecule has 35 heavy (non-hydrogen) atoms. The van der Waals surface area contributed by atoms with Gasteiger partial charge in [0.2, 0.25) is 0 Å². The Kier molecular flexibility index (Phi) is 6.20. The van der Waals surface area contributed by atoms with Gasteiger partial charge in [0, 0.05) is 25.2 Å². The summed E-state index contributed by atoms with van der Waals surface area (Å²) in [5.41, 5.74) is -0.928. The number of benzene rings is 1. The number of hydrogen-bond donors (Lipinski definition) is 4. The number of aliphatic hydroxyl groups is 1. The summed E-state index contributed by atoms with van der Waals surface area (Å²) in [6.45, 7) is 2.67. The third-order valence-corrected chi connectivity index (χ3v) is 5.79. The Hall–Kier alpha value is -3.99. The molecule has 3 heterocycles. The number of aromatic hydroxyl groups is 1. The largest absolute Gasteiger partial charge is 0.505 e. The number of halogens is 1. The number of amides is 2.